The number of likely N-dealkylation sites (N-methyl/N-ethyl adjacent to an activating group) is 1. The van der Waals surface area contributed by atoms with Gasteiger partial charge in [-0.05, 0) is 49.4 Å². The van der Waals surface area contributed by atoms with E-state index in [0.717, 1.165) is 25.2 Å². The van der Waals surface area contributed by atoms with E-state index >= 15 is 0 Å². The third-order valence-corrected chi connectivity index (χ3v) is 4.39. The van der Waals surface area contributed by atoms with Crippen LogP contribution in [0.5, 0.6) is 0 Å². The molecule has 1 atom stereocenters. The fourth-order valence-electron chi connectivity index (χ4n) is 3.22. The lowest BCUT2D eigenvalue weighted by molar-refractivity contribution is 0.517. The standard InChI is InChI=1S/C17H24N4/c1-3-9-21-17(19-12-20-21)11-16(18-2)15-8-7-13-5-4-6-14(13)10-15/h7-8,10,12,16,18H,3-6,9,11H2,1-2H3. The Morgan fingerprint density at radius 2 is 2.14 bits per heavy atom. The first kappa shape index (κ1) is 14.3. The predicted octanol–water partition coefficient (Wildman–Crippen LogP) is 2.68. The number of nitrogens with zero attached hydrogens (tertiary/aromatic N) is 3. The molecule has 0 saturated heterocycles. The van der Waals surface area contributed by atoms with Crippen LogP contribution >= 0.6 is 0 Å². The van der Waals surface area contributed by atoms with Crippen LogP contribution in [0.25, 0.3) is 0 Å². The molecule has 0 amide bonds. The van der Waals surface area contributed by atoms with Crippen LogP contribution in [0.1, 0.15) is 48.3 Å². The molecule has 1 aliphatic rings. The van der Waals surface area contributed by atoms with Gasteiger partial charge in [0.15, 0.2) is 0 Å². The van der Waals surface area contributed by atoms with E-state index in [1.165, 1.54) is 36.0 Å². The Kier molecular flexibility index (Phi) is 4.34. The number of rotatable bonds is 6. The molecule has 3 rings (SSSR count). The number of fused-ring (bicyclic) bond motifs is 1. The van der Waals surface area contributed by atoms with Crippen LogP contribution in [0.4, 0.5) is 0 Å². The summed E-state index contributed by atoms with van der Waals surface area (Å²) in [4.78, 5) is 4.43. The van der Waals surface area contributed by atoms with Crippen LogP contribution in [-0.2, 0) is 25.8 Å². The summed E-state index contributed by atoms with van der Waals surface area (Å²) in [6.07, 6.45) is 7.40. The van der Waals surface area contributed by atoms with Crippen molar-refractivity contribution in [2.45, 2.75) is 51.6 Å². The van der Waals surface area contributed by atoms with E-state index in [2.05, 4.69) is 40.5 Å². The molecule has 1 aromatic carbocycles. The average molecular weight is 284 g/mol. The van der Waals surface area contributed by atoms with Gasteiger partial charge in [0.2, 0.25) is 0 Å². The smallest absolute Gasteiger partial charge is 0.138 e. The lowest BCUT2D eigenvalue weighted by Gasteiger charge is -2.18. The molecule has 0 aliphatic heterocycles. The quantitative estimate of drug-likeness (QED) is 0.887. The largest absolute Gasteiger partial charge is 0.313 e. The number of hydrogen-bond acceptors (Lipinski definition) is 3. The van der Waals surface area contributed by atoms with Crippen molar-refractivity contribution in [2.75, 3.05) is 7.05 Å². The molecule has 0 spiro atoms. The fourth-order valence-corrected chi connectivity index (χ4v) is 3.22. The molecule has 0 saturated carbocycles. The average Bonchev–Trinajstić information content (AvgIpc) is 3.13. The van der Waals surface area contributed by atoms with Crippen LogP contribution in [0.15, 0.2) is 24.5 Å². The third kappa shape index (κ3) is 3.00. The summed E-state index contributed by atoms with van der Waals surface area (Å²) in [6.45, 7) is 3.11. The summed E-state index contributed by atoms with van der Waals surface area (Å²) in [5.41, 5.74) is 4.43. The zero-order chi connectivity index (χ0) is 14.7. The number of benzene rings is 1. The molecule has 1 aromatic heterocycles. The van der Waals surface area contributed by atoms with Crippen molar-refractivity contribution in [3.8, 4) is 0 Å². The molecule has 2 aromatic rings. The maximum absolute atomic E-state index is 4.43. The Labute approximate surface area is 126 Å². The third-order valence-electron chi connectivity index (χ3n) is 4.39. The van der Waals surface area contributed by atoms with Crippen molar-refractivity contribution in [2.24, 2.45) is 0 Å². The highest BCUT2D eigenvalue weighted by Crippen LogP contribution is 2.26. The minimum atomic E-state index is 0.302. The highest BCUT2D eigenvalue weighted by molar-refractivity contribution is 5.36. The summed E-state index contributed by atoms with van der Waals surface area (Å²) < 4.78 is 2.03. The first-order valence-corrected chi connectivity index (χ1v) is 7.97. The van der Waals surface area contributed by atoms with Gasteiger partial charge in [0.1, 0.15) is 12.2 Å². The molecule has 4 heteroatoms. The molecule has 1 unspecified atom stereocenters. The maximum Gasteiger partial charge on any atom is 0.138 e. The lowest BCUT2D eigenvalue weighted by atomic mass is 9.99. The Bertz CT molecular complexity index is 603. The monoisotopic (exact) mass is 284 g/mol. The van der Waals surface area contributed by atoms with Gasteiger partial charge in [0, 0.05) is 19.0 Å². The van der Waals surface area contributed by atoms with Gasteiger partial charge in [0.05, 0.1) is 0 Å². The molecule has 1 heterocycles. The number of aromatic nitrogens is 3. The lowest BCUT2D eigenvalue weighted by Crippen LogP contribution is -2.21. The van der Waals surface area contributed by atoms with Crippen molar-refractivity contribution in [1.82, 2.24) is 20.1 Å². The van der Waals surface area contributed by atoms with Gasteiger partial charge < -0.3 is 5.32 Å². The zero-order valence-corrected chi connectivity index (χ0v) is 13.0. The molecule has 0 radical (unpaired) electrons. The summed E-state index contributed by atoms with van der Waals surface area (Å²) >= 11 is 0. The summed E-state index contributed by atoms with van der Waals surface area (Å²) in [6, 6.07) is 7.25. The van der Waals surface area contributed by atoms with Crippen molar-refractivity contribution < 1.29 is 0 Å². The Morgan fingerprint density at radius 3 is 2.95 bits per heavy atom. The Hall–Kier alpha value is -1.68. The molecular formula is C17H24N4. The first-order chi connectivity index (χ1) is 10.3. The second-order valence-corrected chi connectivity index (χ2v) is 5.83. The van der Waals surface area contributed by atoms with E-state index in [9.17, 15) is 0 Å². The highest BCUT2D eigenvalue weighted by atomic mass is 15.3. The van der Waals surface area contributed by atoms with Gasteiger partial charge in [-0.1, -0.05) is 25.1 Å². The van der Waals surface area contributed by atoms with Gasteiger partial charge in [-0.2, -0.15) is 5.10 Å². The molecule has 0 bridgehead atoms. The molecule has 1 aliphatic carbocycles. The SMILES string of the molecule is CCCn1ncnc1CC(NC)c1ccc2c(c1)CCC2. The van der Waals surface area contributed by atoms with E-state index in [4.69, 9.17) is 0 Å². The highest BCUT2D eigenvalue weighted by Gasteiger charge is 2.17. The van der Waals surface area contributed by atoms with Crippen LogP contribution in [0.3, 0.4) is 0 Å². The Morgan fingerprint density at radius 1 is 1.29 bits per heavy atom. The van der Waals surface area contributed by atoms with Crippen LogP contribution in [-0.4, -0.2) is 21.8 Å². The Balaban J connectivity index is 1.80. The van der Waals surface area contributed by atoms with Gasteiger partial charge in [0.25, 0.3) is 0 Å². The predicted molar refractivity (Wildman–Crippen MR) is 84.3 cm³/mol. The number of hydrogen-bond donors (Lipinski definition) is 1. The summed E-state index contributed by atoms with van der Waals surface area (Å²) in [5.74, 6) is 1.07. The maximum atomic E-state index is 4.43. The van der Waals surface area contributed by atoms with E-state index < -0.39 is 0 Å². The second-order valence-electron chi connectivity index (χ2n) is 5.83. The topological polar surface area (TPSA) is 42.7 Å². The summed E-state index contributed by atoms with van der Waals surface area (Å²) in [5, 5.41) is 7.76. The second kappa shape index (κ2) is 6.39. The van der Waals surface area contributed by atoms with Crippen LogP contribution in [0.2, 0.25) is 0 Å². The minimum absolute atomic E-state index is 0.302. The van der Waals surface area contributed by atoms with Crippen molar-refractivity contribution in [3.63, 3.8) is 0 Å². The first-order valence-electron chi connectivity index (χ1n) is 7.97. The van der Waals surface area contributed by atoms with E-state index in [1.807, 2.05) is 11.7 Å². The van der Waals surface area contributed by atoms with Crippen LogP contribution in [0, 0.1) is 0 Å². The molecule has 1 N–H and O–H groups in total. The number of aryl methyl sites for hydroxylation is 3. The van der Waals surface area contributed by atoms with Crippen LogP contribution < -0.4 is 5.32 Å². The molecule has 21 heavy (non-hydrogen) atoms. The van der Waals surface area contributed by atoms with Crippen molar-refractivity contribution >= 4 is 0 Å². The molecule has 4 nitrogen and oxygen atoms in total. The van der Waals surface area contributed by atoms with E-state index in [1.54, 1.807) is 6.33 Å². The summed E-state index contributed by atoms with van der Waals surface area (Å²) in [7, 11) is 2.03. The van der Waals surface area contributed by atoms with Gasteiger partial charge in [-0.15, -0.1) is 0 Å². The van der Waals surface area contributed by atoms with Crippen molar-refractivity contribution in [3.05, 3.63) is 47.0 Å². The van der Waals surface area contributed by atoms with Gasteiger partial charge in [-0.3, -0.25) is 4.68 Å². The van der Waals surface area contributed by atoms with Crippen molar-refractivity contribution in [1.29, 1.82) is 0 Å². The van der Waals surface area contributed by atoms with E-state index in [0.29, 0.717) is 6.04 Å². The van der Waals surface area contributed by atoms with Gasteiger partial charge >= 0.3 is 0 Å². The molecule has 112 valence electrons. The van der Waals surface area contributed by atoms with Gasteiger partial charge in [-0.25, -0.2) is 4.98 Å². The molecule has 0 fully saturated rings. The fraction of sp³-hybridized carbons (Fsp3) is 0.529. The zero-order valence-electron chi connectivity index (χ0n) is 13.0. The van der Waals surface area contributed by atoms with E-state index in [-0.39, 0.29) is 0 Å². The normalized spacial score (nSPS) is 15.1. The number of nitrogens with one attached hydrogen (secondary N) is 1. The molecular weight excluding hydrogens is 260 g/mol. The minimum Gasteiger partial charge on any atom is -0.313 e.